The van der Waals surface area contributed by atoms with E-state index in [2.05, 4.69) is 10.2 Å². The fraction of sp³-hybridized carbons (Fsp3) is 0.875. The van der Waals surface area contributed by atoms with Crippen LogP contribution in [0.15, 0.2) is 0 Å². The quantitative estimate of drug-likeness (QED) is 0.838. The first kappa shape index (κ1) is 15.5. The molecule has 0 aromatic rings. The second kappa shape index (κ2) is 7.77. The Labute approximate surface area is 122 Å². The van der Waals surface area contributed by atoms with Gasteiger partial charge in [-0.25, -0.2) is 0 Å². The second-order valence-corrected chi connectivity index (χ2v) is 6.46. The van der Waals surface area contributed by atoms with E-state index in [0.717, 1.165) is 45.3 Å². The first-order chi connectivity index (χ1) is 9.65. The van der Waals surface area contributed by atoms with Crippen molar-refractivity contribution in [3.63, 3.8) is 0 Å². The van der Waals surface area contributed by atoms with E-state index in [4.69, 9.17) is 0 Å². The van der Waals surface area contributed by atoms with Gasteiger partial charge in [0.25, 0.3) is 0 Å². The van der Waals surface area contributed by atoms with Crippen molar-refractivity contribution in [2.75, 3.05) is 26.2 Å². The van der Waals surface area contributed by atoms with Gasteiger partial charge in [-0.3, -0.25) is 14.5 Å². The smallest absolute Gasteiger partial charge is 0.216 e. The van der Waals surface area contributed by atoms with Crippen molar-refractivity contribution in [3.8, 4) is 0 Å². The number of piperidine rings is 1. The topological polar surface area (TPSA) is 49.4 Å². The van der Waals surface area contributed by atoms with E-state index >= 15 is 0 Å². The molecule has 1 amide bonds. The van der Waals surface area contributed by atoms with Crippen LogP contribution in [0.1, 0.15) is 51.9 Å². The van der Waals surface area contributed by atoms with Crippen molar-refractivity contribution in [2.45, 2.75) is 51.9 Å². The monoisotopic (exact) mass is 280 g/mol. The summed E-state index contributed by atoms with van der Waals surface area (Å²) in [6, 6.07) is 0. The maximum atomic E-state index is 12.3. The largest absolute Gasteiger partial charge is 0.356 e. The van der Waals surface area contributed by atoms with Gasteiger partial charge in [0, 0.05) is 19.4 Å². The average Bonchev–Trinajstić information content (AvgIpc) is 2.47. The summed E-state index contributed by atoms with van der Waals surface area (Å²) in [6.45, 7) is 5.01. The highest BCUT2D eigenvalue weighted by atomic mass is 16.1. The molecule has 2 rings (SSSR count). The van der Waals surface area contributed by atoms with Crippen LogP contribution in [-0.2, 0) is 9.59 Å². The minimum atomic E-state index is 0.0555. The molecule has 0 bridgehead atoms. The van der Waals surface area contributed by atoms with Crippen molar-refractivity contribution >= 4 is 11.7 Å². The van der Waals surface area contributed by atoms with Crippen LogP contribution in [0, 0.1) is 11.8 Å². The molecule has 1 aliphatic carbocycles. The summed E-state index contributed by atoms with van der Waals surface area (Å²) in [4.78, 5) is 25.5. The zero-order valence-electron chi connectivity index (χ0n) is 12.7. The van der Waals surface area contributed by atoms with Crippen molar-refractivity contribution in [2.24, 2.45) is 11.8 Å². The molecule has 1 aliphatic heterocycles. The Kier molecular flexibility index (Phi) is 6.02. The Morgan fingerprint density at radius 2 is 1.70 bits per heavy atom. The third kappa shape index (κ3) is 4.89. The molecule has 0 radical (unpaired) electrons. The van der Waals surface area contributed by atoms with E-state index in [1.54, 1.807) is 6.92 Å². The standard InChI is InChI=1S/C16H28N2O2/c1-13(19)17-11-14-7-9-18(10-8-14)12-16(20)15-5-3-2-4-6-15/h14-15H,2-12H2,1H3,(H,17,19). The molecule has 2 aliphatic rings. The van der Waals surface area contributed by atoms with Crippen LogP contribution < -0.4 is 5.32 Å². The van der Waals surface area contributed by atoms with Gasteiger partial charge in [0.1, 0.15) is 5.78 Å². The number of nitrogens with one attached hydrogen (secondary N) is 1. The molecule has 1 N–H and O–H groups in total. The lowest BCUT2D eigenvalue weighted by Gasteiger charge is -2.32. The molecule has 20 heavy (non-hydrogen) atoms. The van der Waals surface area contributed by atoms with Crippen molar-refractivity contribution in [3.05, 3.63) is 0 Å². The Morgan fingerprint density at radius 1 is 1.05 bits per heavy atom. The lowest BCUT2D eigenvalue weighted by molar-refractivity contribution is -0.125. The Bertz CT molecular complexity index is 329. The van der Waals surface area contributed by atoms with Crippen LogP contribution in [0.3, 0.4) is 0 Å². The summed E-state index contributed by atoms with van der Waals surface area (Å²) < 4.78 is 0. The third-order valence-corrected chi connectivity index (χ3v) is 4.79. The highest BCUT2D eigenvalue weighted by Gasteiger charge is 2.25. The van der Waals surface area contributed by atoms with E-state index in [-0.39, 0.29) is 5.91 Å². The second-order valence-electron chi connectivity index (χ2n) is 6.46. The van der Waals surface area contributed by atoms with Gasteiger partial charge in [-0.2, -0.15) is 0 Å². The number of likely N-dealkylation sites (tertiary alicyclic amines) is 1. The lowest BCUT2D eigenvalue weighted by Crippen LogP contribution is -2.41. The molecule has 114 valence electrons. The molecule has 0 aromatic carbocycles. The van der Waals surface area contributed by atoms with E-state index in [1.807, 2.05) is 0 Å². The molecule has 1 heterocycles. The SMILES string of the molecule is CC(=O)NCC1CCN(CC(=O)C2CCCCC2)CC1. The fourth-order valence-corrected chi connectivity index (χ4v) is 3.41. The normalized spacial score (nSPS) is 22.6. The van der Waals surface area contributed by atoms with Crippen LogP contribution in [0.4, 0.5) is 0 Å². The van der Waals surface area contributed by atoms with Crippen LogP contribution in [-0.4, -0.2) is 42.8 Å². The van der Waals surface area contributed by atoms with Gasteiger partial charge in [-0.15, -0.1) is 0 Å². The summed E-state index contributed by atoms with van der Waals surface area (Å²) in [5.74, 6) is 1.44. The van der Waals surface area contributed by atoms with Crippen molar-refractivity contribution < 1.29 is 9.59 Å². The fourth-order valence-electron chi connectivity index (χ4n) is 3.41. The number of carbonyl (C=O) groups is 2. The minimum Gasteiger partial charge on any atom is -0.356 e. The average molecular weight is 280 g/mol. The van der Waals surface area contributed by atoms with E-state index < -0.39 is 0 Å². The molecule has 4 nitrogen and oxygen atoms in total. The number of ketones is 1. The Hall–Kier alpha value is -0.900. The molecular weight excluding hydrogens is 252 g/mol. The highest BCUT2D eigenvalue weighted by molar-refractivity contribution is 5.83. The Balaban J connectivity index is 1.66. The van der Waals surface area contributed by atoms with Crippen molar-refractivity contribution in [1.82, 2.24) is 10.2 Å². The molecule has 1 saturated heterocycles. The van der Waals surface area contributed by atoms with Gasteiger partial charge in [0.2, 0.25) is 5.91 Å². The number of carbonyl (C=O) groups excluding carboxylic acids is 2. The maximum absolute atomic E-state index is 12.3. The molecule has 4 heteroatoms. The molecule has 1 saturated carbocycles. The number of rotatable bonds is 5. The van der Waals surface area contributed by atoms with Gasteiger partial charge in [0.15, 0.2) is 0 Å². The molecular formula is C16H28N2O2. The first-order valence-corrected chi connectivity index (χ1v) is 8.14. The van der Waals surface area contributed by atoms with Crippen LogP contribution in [0.2, 0.25) is 0 Å². The summed E-state index contributed by atoms with van der Waals surface area (Å²) in [6.07, 6.45) is 8.18. The predicted molar refractivity (Wildman–Crippen MR) is 79.4 cm³/mol. The summed E-state index contributed by atoms with van der Waals surface area (Å²) in [5, 5.41) is 2.90. The zero-order chi connectivity index (χ0) is 14.4. The van der Waals surface area contributed by atoms with Gasteiger partial charge < -0.3 is 5.32 Å². The predicted octanol–water partition coefficient (Wildman–Crippen LogP) is 1.98. The number of Topliss-reactive ketones (excluding diaryl/α,β-unsaturated/α-hetero) is 1. The lowest BCUT2D eigenvalue weighted by atomic mass is 9.86. The molecule has 0 spiro atoms. The van der Waals surface area contributed by atoms with Gasteiger partial charge in [-0.05, 0) is 44.7 Å². The Morgan fingerprint density at radius 3 is 2.30 bits per heavy atom. The van der Waals surface area contributed by atoms with E-state index in [1.165, 1.54) is 19.3 Å². The number of amides is 1. The highest BCUT2D eigenvalue weighted by Crippen LogP contribution is 2.25. The summed E-state index contributed by atoms with van der Waals surface area (Å²) in [5.41, 5.74) is 0. The number of nitrogens with zero attached hydrogens (tertiary/aromatic N) is 1. The van der Waals surface area contributed by atoms with E-state index in [0.29, 0.717) is 24.2 Å². The van der Waals surface area contributed by atoms with Gasteiger partial charge >= 0.3 is 0 Å². The molecule has 0 unspecified atom stereocenters. The summed E-state index contributed by atoms with van der Waals surface area (Å²) in [7, 11) is 0. The minimum absolute atomic E-state index is 0.0555. The van der Waals surface area contributed by atoms with Gasteiger partial charge in [-0.1, -0.05) is 19.3 Å². The maximum Gasteiger partial charge on any atom is 0.216 e. The van der Waals surface area contributed by atoms with Crippen molar-refractivity contribution in [1.29, 1.82) is 0 Å². The summed E-state index contributed by atoms with van der Waals surface area (Å²) >= 11 is 0. The molecule has 2 fully saturated rings. The number of hydrogen-bond donors (Lipinski definition) is 1. The van der Waals surface area contributed by atoms with Crippen LogP contribution in [0.25, 0.3) is 0 Å². The molecule has 0 aromatic heterocycles. The number of hydrogen-bond acceptors (Lipinski definition) is 3. The molecule has 0 atom stereocenters. The third-order valence-electron chi connectivity index (χ3n) is 4.79. The first-order valence-electron chi connectivity index (χ1n) is 8.14. The van der Waals surface area contributed by atoms with Crippen LogP contribution >= 0.6 is 0 Å². The van der Waals surface area contributed by atoms with E-state index in [9.17, 15) is 9.59 Å². The van der Waals surface area contributed by atoms with Gasteiger partial charge in [0.05, 0.1) is 6.54 Å². The zero-order valence-corrected chi connectivity index (χ0v) is 12.7. The van der Waals surface area contributed by atoms with Crippen LogP contribution in [0.5, 0.6) is 0 Å².